The fourth-order valence-electron chi connectivity index (χ4n) is 4.17. The molecule has 34 heavy (non-hydrogen) atoms. The number of nitrogens with zero attached hydrogens (tertiary/aromatic N) is 2. The highest BCUT2D eigenvalue weighted by Gasteiger charge is 2.38. The molecule has 1 fully saturated rings. The van der Waals surface area contributed by atoms with Gasteiger partial charge in [0.05, 0.1) is 22.7 Å². The summed E-state index contributed by atoms with van der Waals surface area (Å²) >= 11 is 6.18. The molecule has 0 aliphatic carbocycles. The second-order valence-electron chi connectivity index (χ2n) is 8.25. The zero-order valence-electron chi connectivity index (χ0n) is 18.2. The Balaban J connectivity index is 1.31. The molecule has 7 nitrogen and oxygen atoms in total. The standard InChI is InChI=1S/C26H19ClN2O5/c1-15-9-10-17(13-22(15)27)28-14-16(11-23(28)30)26(33)34-19-6-4-5-18(12-19)29-24(31)20-7-2-3-8-21(20)25(29)32/h2-10,12-13,16H,11,14H2,1H3/t16-/m1/s1. The van der Waals surface area contributed by atoms with E-state index in [1.807, 2.05) is 13.0 Å². The highest BCUT2D eigenvalue weighted by molar-refractivity contribution is 6.34. The van der Waals surface area contributed by atoms with Crippen LogP contribution >= 0.6 is 11.6 Å². The average Bonchev–Trinajstić information content (AvgIpc) is 3.34. The van der Waals surface area contributed by atoms with Crippen LogP contribution in [-0.2, 0) is 9.59 Å². The second kappa shape index (κ2) is 8.43. The number of halogens is 1. The fourth-order valence-corrected chi connectivity index (χ4v) is 4.35. The van der Waals surface area contributed by atoms with Crippen molar-refractivity contribution < 1.29 is 23.9 Å². The Bertz CT molecular complexity index is 1330. The van der Waals surface area contributed by atoms with Crippen LogP contribution in [0, 0.1) is 12.8 Å². The molecule has 170 valence electrons. The number of aryl methyl sites for hydroxylation is 1. The number of hydrogen-bond donors (Lipinski definition) is 0. The molecule has 3 aromatic rings. The third-order valence-electron chi connectivity index (χ3n) is 6.01. The minimum atomic E-state index is -0.657. The van der Waals surface area contributed by atoms with Crippen LogP contribution in [-0.4, -0.2) is 30.2 Å². The highest BCUT2D eigenvalue weighted by Crippen LogP contribution is 2.32. The summed E-state index contributed by atoms with van der Waals surface area (Å²) in [6.07, 6.45) is 0.0163. The van der Waals surface area contributed by atoms with Crippen LogP contribution in [0.25, 0.3) is 0 Å². The van der Waals surface area contributed by atoms with Gasteiger partial charge in [-0.25, -0.2) is 4.90 Å². The molecule has 0 saturated carbocycles. The number of esters is 1. The Kier molecular flexibility index (Phi) is 5.42. The molecule has 0 N–H and O–H groups in total. The van der Waals surface area contributed by atoms with Crippen LogP contribution in [0.3, 0.4) is 0 Å². The number of carbonyl (C=O) groups is 4. The van der Waals surface area contributed by atoms with Gasteiger partial charge in [-0.1, -0.05) is 35.9 Å². The van der Waals surface area contributed by atoms with Crippen LogP contribution in [0.2, 0.25) is 5.02 Å². The van der Waals surface area contributed by atoms with Crippen molar-refractivity contribution in [3.8, 4) is 5.75 Å². The van der Waals surface area contributed by atoms with Crippen molar-refractivity contribution in [2.24, 2.45) is 5.92 Å². The number of anilines is 2. The molecule has 2 aliphatic heterocycles. The van der Waals surface area contributed by atoms with E-state index in [1.54, 1.807) is 54.6 Å². The van der Waals surface area contributed by atoms with Crippen molar-refractivity contribution in [2.45, 2.75) is 13.3 Å². The summed E-state index contributed by atoms with van der Waals surface area (Å²) in [5.41, 5.74) is 2.48. The van der Waals surface area contributed by atoms with Gasteiger partial charge in [0.15, 0.2) is 0 Å². The van der Waals surface area contributed by atoms with Crippen LogP contribution < -0.4 is 14.5 Å². The normalized spacial score (nSPS) is 17.4. The number of fused-ring (bicyclic) bond motifs is 1. The molecule has 0 bridgehead atoms. The summed E-state index contributed by atoms with van der Waals surface area (Å²) < 4.78 is 5.53. The van der Waals surface area contributed by atoms with Gasteiger partial charge in [0.25, 0.3) is 11.8 Å². The Morgan fingerprint density at radius 3 is 2.29 bits per heavy atom. The van der Waals surface area contributed by atoms with E-state index in [2.05, 4.69) is 0 Å². The van der Waals surface area contributed by atoms with Gasteiger partial charge in [-0.2, -0.15) is 0 Å². The van der Waals surface area contributed by atoms with Gasteiger partial charge in [0.1, 0.15) is 5.75 Å². The van der Waals surface area contributed by atoms with Crippen LogP contribution in [0.5, 0.6) is 5.75 Å². The van der Waals surface area contributed by atoms with E-state index in [-0.39, 0.29) is 24.6 Å². The first-order chi connectivity index (χ1) is 16.3. The Labute approximate surface area is 200 Å². The van der Waals surface area contributed by atoms with Gasteiger partial charge in [0, 0.05) is 29.7 Å². The number of carbonyl (C=O) groups excluding carboxylic acids is 4. The van der Waals surface area contributed by atoms with Crippen molar-refractivity contribution in [3.05, 3.63) is 88.4 Å². The summed E-state index contributed by atoms with van der Waals surface area (Å²) in [7, 11) is 0. The lowest BCUT2D eigenvalue weighted by Gasteiger charge is -2.18. The summed E-state index contributed by atoms with van der Waals surface area (Å²) in [4.78, 5) is 53.4. The monoisotopic (exact) mass is 474 g/mol. The van der Waals surface area contributed by atoms with Crippen LogP contribution in [0.15, 0.2) is 66.7 Å². The predicted molar refractivity (Wildman–Crippen MR) is 126 cm³/mol. The molecule has 0 aromatic heterocycles. The van der Waals surface area contributed by atoms with Crippen molar-refractivity contribution in [2.75, 3.05) is 16.3 Å². The lowest BCUT2D eigenvalue weighted by atomic mass is 10.1. The molecule has 0 unspecified atom stereocenters. The van der Waals surface area contributed by atoms with E-state index < -0.39 is 23.7 Å². The zero-order chi connectivity index (χ0) is 24.0. The number of imide groups is 1. The molecule has 3 aromatic carbocycles. The van der Waals surface area contributed by atoms with Gasteiger partial charge < -0.3 is 9.64 Å². The molecule has 5 rings (SSSR count). The van der Waals surface area contributed by atoms with E-state index in [0.29, 0.717) is 27.5 Å². The minimum absolute atomic E-state index is 0.0163. The van der Waals surface area contributed by atoms with Crippen LogP contribution in [0.4, 0.5) is 11.4 Å². The van der Waals surface area contributed by atoms with Crippen molar-refractivity contribution in [1.82, 2.24) is 0 Å². The fraction of sp³-hybridized carbons (Fsp3) is 0.154. The van der Waals surface area contributed by atoms with E-state index >= 15 is 0 Å². The summed E-state index contributed by atoms with van der Waals surface area (Å²) in [6.45, 7) is 2.04. The molecular formula is C26H19ClN2O5. The molecule has 2 heterocycles. The van der Waals surface area contributed by atoms with E-state index in [1.165, 1.54) is 11.0 Å². The van der Waals surface area contributed by atoms with E-state index in [4.69, 9.17) is 16.3 Å². The van der Waals surface area contributed by atoms with Crippen molar-refractivity contribution in [3.63, 3.8) is 0 Å². The average molecular weight is 475 g/mol. The lowest BCUT2D eigenvalue weighted by Crippen LogP contribution is -2.29. The van der Waals surface area contributed by atoms with Gasteiger partial charge in [-0.3, -0.25) is 19.2 Å². The van der Waals surface area contributed by atoms with Gasteiger partial charge in [0.2, 0.25) is 5.91 Å². The molecule has 0 radical (unpaired) electrons. The maximum atomic E-state index is 12.8. The van der Waals surface area contributed by atoms with Crippen LogP contribution in [0.1, 0.15) is 32.7 Å². The molecule has 3 amide bonds. The zero-order valence-corrected chi connectivity index (χ0v) is 18.9. The Morgan fingerprint density at radius 2 is 1.62 bits per heavy atom. The summed E-state index contributed by atoms with van der Waals surface area (Å²) in [5, 5.41) is 0.543. The predicted octanol–water partition coefficient (Wildman–Crippen LogP) is 4.41. The maximum absolute atomic E-state index is 12.8. The second-order valence-corrected chi connectivity index (χ2v) is 8.66. The van der Waals surface area contributed by atoms with Gasteiger partial charge in [-0.15, -0.1) is 0 Å². The van der Waals surface area contributed by atoms with Crippen molar-refractivity contribution >= 4 is 46.7 Å². The summed E-state index contributed by atoms with van der Waals surface area (Å²) in [6, 6.07) is 18.1. The molecule has 0 spiro atoms. The highest BCUT2D eigenvalue weighted by atomic mass is 35.5. The van der Waals surface area contributed by atoms with E-state index in [0.717, 1.165) is 10.5 Å². The first-order valence-electron chi connectivity index (χ1n) is 10.7. The molecule has 1 saturated heterocycles. The molecule has 8 heteroatoms. The summed E-state index contributed by atoms with van der Waals surface area (Å²) in [5.74, 6) is -2.09. The number of hydrogen-bond acceptors (Lipinski definition) is 5. The quantitative estimate of drug-likeness (QED) is 0.318. The third kappa shape index (κ3) is 3.74. The Hall–Kier alpha value is -3.97. The number of rotatable bonds is 4. The molecule has 1 atom stereocenters. The number of benzene rings is 3. The minimum Gasteiger partial charge on any atom is -0.426 e. The Morgan fingerprint density at radius 1 is 0.912 bits per heavy atom. The number of ether oxygens (including phenoxy) is 1. The van der Waals surface area contributed by atoms with Gasteiger partial charge >= 0.3 is 5.97 Å². The lowest BCUT2D eigenvalue weighted by molar-refractivity contribution is -0.139. The van der Waals surface area contributed by atoms with E-state index in [9.17, 15) is 19.2 Å². The topological polar surface area (TPSA) is 84.0 Å². The number of amides is 3. The van der Waals surface area contributed by atoms with Crippen molar-refractivity contribution in [1.29, 1.82) is 0 Å². The largest absolute Gasteiger partial charge is 0.426 e. The molecular weight excluding hydrogens is 456 g/mol. The first kappa shape index (κ1) is 21.9. The molecule has 2 aliphatic rings. The third-order valence-corrected chi connectivity index (χ3v) is 6.42. The SMILES string of the molecule is Cc1ccc(N2C[C@H](C(=O)Oc3cccc(N4C(=O)c5ccccc5C4=O)c3)CC2=O)cc1Cl. The smallest absolute Gasteiger partial charge is 0.316 e. The first-order valence-corrected chi connectivity index (χ1v) is 11.1. The van der Waals surface area contributed by atoms with Gasteiger partial charge in [-0.05, 0) is 48.9 Å². The maximum Gasteiger partial charge on any atom is 0.316 e.